The van der Waals surface area contributed by atoms with Crippen molar-refractivity contribution in [3.63, 3.8) is 0 Å². The zero-order chi connectivity index (χ0) is 25.2. The second kappa shape index (κ2) is 13.7. The van der Waals surface area contributed by atoms with E-state index >= 15 is 0 Å². The summed E-state index contributed by atoms with van der Waals surface area (Å²) in [4.78, 5) is -3.50. The first-order chi connectivity index (χ1) is 14.6. The Morgan fingerprint density at radius 1 is 0.353 bits per heavy atom. The molecule has 16 heteroatoms. The van der Waals surface area contributed by atoms with Gasteiger partial charge in [-0.05, 0) is 0 Å². The van der Waals surface area contributed by atoms with Crippen molar-refractivity contribution in [2.45, 2.75) is 37.4 Å². The molecule has 0 saturated heterocycles. The lowest BCUT2D eigenvalue weighted by Gasteiger charge is -2.12. The Balaban J connectivity index is 0. The molecule has 0 nitrogen and oxygen atoms in total. The molecule has 2 rings (SSSR count). The summed E-state index contributed by atoms with van der Waals surface area (Å²) in [6.07, 6.45) is -7.70. The van der Waals surface area contributed by atoms with Crippen LogP contribution in [0.3, 0.4) is 0 Å². The molecule has 0 aliphatic carbocycles. The Hall–Kier alpha value is -1.24. The maximum atomic E-state index is 13.2. The van der Waals surface area contributed by atoms with Crippen LogP contribution in [0.4, 0.5) is 52.7 Å². The van der Waals surface area contributed by atoms with Gasteiger partial charge in [0, 0.05) is 0 Å². The first-order valence-electron chi connectivity index (χ1n) is 7.41. The van der Waals surface area contributed by atoms with Crippen LogP contribution in [0.5, 0.6) is 0 Å². The normalized spacial score (nSPS) is 10.9. The molecule has 196 valence electrons. The predicted octanol–water partition coefficient (Wildman–Crippen LogP) is 10.6. The van der Waals surface area contributed by atoms with Gasteiger partial charge in [-0.15, -0.1) is 0 Å². The molecule has 0 aliphatic rings. The van der Waals surface area contributed by atoms with Crippen LogP contribution in [0, 0.1) is 46.5 Å². The van der Waals surface area contributed by atoms with Crippen molar-refractivity contribution in [2.24, 2.45) is 0 Å². The molecule has 0 atom stereocenters. The molecule has 0 fully saturated rings. The van der Waals surface area contributed by atoms with Gasteiger partial charge < -0.3 is 0 Å². The van der Waals surface area contributed by atoms with Crippen molar-refractivity contribution in [1.82, 2.24) is 0 Å². The van der Waals surface area contributed by atoms with Crippen molar-refractivity contribution < 1.29 is 52.7 Å². The maximum absolute atomic E-state index is 13.2. The lowest BCUT2D eigenvalue weighted by molar-refractivity contribution is 0.125. The minimum atomic E-state index is -3.85. The van der Waals surface area contributed by atoms with E-state index in [0.717, 1.165) is 0 Å². The summed E-state index contributed by atoms with van der Waals surface area (Å²) >= 11 is 20.7. The van der Waals surface area contributed by atoms with Crippen molar-refractivity contribution in [2.75, 3.05) is 0 Å². The summed E-state index contributed by atoms with van der Waals surface area (Å²) in [6.45, 7) is 0. The lowest BCUT2D eigenvalue weighted by Crippen LogP contribution is -2.09. The summed E-state index contributed by atoms with van der Waals surface area (Å²) in [5, 5.41) is 0. The van der Waals surface area contributed by atoms with Gasteiger partial charge in [0.15, 0.2) is 46.5 Å². The minimum absolute atomic E-state index is 0. The number of rotatable bonds is 4. The first kappa shape index (κ1) is 34.9. The fraction of sp³-hybridized carbons (Fsp3) is 0.333. The van der Waals surface area contributed by atoms with Gasteiger partial charge in [0.05, 0.1) is 22.3 Å². The molecule has 0 radical (unpaired) electrons. The van der Waals surface area contributed by atoms with E-state index in [9.17, 15) is 52.7 Å². The Bertz CT molecular complexity index is 780. The molecule has 0 spiro atoms. The largest absolute Gasteiger partial charge is 0.269 e. The van der Waals surface area contributed by atoms with Gasteiger partial charge >= 0.3 is 0 Å². The van der Waals surface area contributed by atoms with Crippen LogP contribution >= 0.6 is 46.4 Å². The molecule has 0 bridgehead atoms. The highest BCUT2D eigenvalue weighted by molar-refractivity contribution is 6.44. The fourth-order valence-corrected chi connectivity index (χ4v) is 2.86. The molecule has 0 unspecified atom stereocenters. The van der Waals surface area contributed by atoms with Gasteiger partial charge in [-0.3, -0.25) is 0 Å². The van der Waals surface area contributed by atoms with E-state index in [-0.39, 0.29) is 14.9 Å². The number of hydrogen-bond donors (Lipinski definition) is 0. The topological polar surface area (TPSA) is 0 Å². The van der Waals surface area contributed by atoms with Gasteiger partial charge in [-0.25, -0.2) is 52.7 Å². The predicted molar refractivity (Wildman–Crippen MR) is 105 cm³/mol. The average Bonchev–Trinajstić information content (AvgIpc) is 2.65. The highest BCUT2D eigenvalue weighted by atomic mass is 35.5. The molecule has 2 aromatic carbocycles. The van der Waals surface area contributed by atoms with Crippen LogP contribution in [0.2, 0.25) is 0 Å². The number of hydrogen-bond acceptors (Lipinski definition) is 0. The Morgan fingerprint density at radius 2 is 0.500 bits per heavy atom. The second-order valence-electron chi connectivity index (χ2n) is 5.37. The van der Waals surface area contributed by atoms with Crippen LogP contribution in [0.15, 0.2) is 0 Å². The lowest BCUT2D eigenvalue weighted by atomic mass is 10.1. The highest BCUT2D eigenvalue weighted by Gasteiger charge is 2.33. The van der Waals surface area contributed by atoms with Crippen LogP contribution in [-0.2, 0) is 0 Å². The van der Waals surface area contributed by atoms with Crippen LogP contribution in [0.25, 0.3) is 0 Å². The van der Waals surface area contributed by atoms with Crippen LogP contribution in [0.1, 0.15) is 59.6 Å². The molecule has 0 heterocycles. The van der Waals surface area contributed by atoms with Gasteiger partial charge in [-0.1, -0.05) is 61.3 Å². The third-order valence-corrected chi connectivity index (χ3v) is 4.41. The summed E-state index contributed by atoms with van der Waals surface area (Å²) in [6, 6.07) is 0. The van der Waals surface area contributed by atoms with Gasteiger partial charge in [0.1, 0.15) is 9.67 Å². The van der Waals surface area contributed by atoms with Crippen molar-refractivity contribution in [3.05, 3.63) is 68.8 Å². The molecular weight excluding hydrogens is 586 g/mol. The third-order valence-electron chi connectivity index (χ3n) is 3.54. The van der Waals surface area contributed by atoms with Crippen LogP contribution in [-0.4, -0.2) is 0 Å². The molecular formula is C18H12Cl4F12. The second-order valence-corrected chi connectivity index (χ2v) is 7.56. The summed E-state index contributed by atoms with van der Waals surface area (Å²) in [7, 11) is 0. The quantitative estimate of drug-likeness (QED) is 0.187. The van der Waals surface area contributed by atoms with Crippen molar-refractivity contribution in [3.8, 4) is 0 Å². The molecule has 0 amide bonds. The highest BCUT2D eigenvalue weighted by Crippen LogP contribution is 2.38. The molecule has 2 aromatic rings. The Kier molecular flexibility index (Phi) is 14.1. The maximum Gasteiger partial charge on any atom is 0.269 e. The SMILES string of the molecule is C.C.Fc1c(F)c(C(Cl)Cl)c(F)c(F)c1C(Cl)Cl.Fc1c(F)c(C(F)F)c(F)c(F)c1C(F)F. The smallest absolute Gasteiger partial charge is 0.205 e. The van der Waals surface area contributed by atoms with E-state index in [0.29, 0.717) is 0 Å². The minimum Gasteiger partial charge on any atom is -0.205 e. The summed E-state index contributed by atoms with van der Waals surface area (Å²) < 4.78 is 152. The van der Waals surface area contributed by atoms with E-state index in [2.05, 4.69) is 0 Å². The third kappa shape index (κ3) is 6.92. The van der Waals surface area contributed by atoms with Gasteiger partial charge in [0.25, 0.3) is 12.9 Å². The van der Waals surface area contributed by atoms with E-state index in [1.807, 2.05) is 0 Å². The van der Waals surface area contributed by atoms with E-state index in [1.165, 1.54) is 0 Å². The molecule has 0 N–H and O–H groups in total. The van der Waals surface area contributed by atoms with Gasteiger partial charge in [-0.2, -0.15) is 0 Å². The monoisotopic (exact) mass is 596 g/mol. The molecule has 0 saturated carbocycles. The fourth-order valence-electron chi connectivity index (χ4n) is 2.10. The Labute approximate surface area is 205 Å². The number of halogens is 16. The van der Waals surface area contributed by atoms with E-state index < -0.39 is 91.3 Å². The first-order valence-corrected chi connectivity index (χ1v) is 9.16. The zero-order valence-corrected chi connectivity index (χ0v) is 17.4. The van der Waals surface area contributed by atoms with Crippen molar-refractivity contribution in [1.29, 1.82) is 0 Å². The summed E-state index contributed by atoms with van der Waals surface area (Å²) in [5.74, 6) is -16.9. The van der Waals surface area contributed by atoms with E-state index in [4.69, 9.17) is 46.4 Å². The standard InChI is InChI=1S/C8H2Cl4F4.C8H2F8.2CH4/c9-7(10)1-3(13)5(15)2(8(11)12)6(16)4(1)14;9-3-1(7(13)14)4(10)6(12)2(5(3)11)8(15)16;;/h2*7-8H;2*1H4. The van der Waals surface area contributed by atoms with Crippen molar-refractivity contribution >= 4 is 46.4 Å². The number of benzene rings is 2. The zero-order valence-electron chi connectivity index (χ0n) is 14.4. The number of alkyl halides is 8. The molecule has 0 aliphatic heterocycles. The van der Waals surface area contributed by atoms with Gasteiger partial charge in [0.2, 0.25) is 0 Å². The van der Waals surface area contributed by atoms with Crippen LogP contribution < -0.4 is 0 Å². The summed E-state index contributed by atoms with van der Waals surface area (Å²) in [5.41, 5.74) is -6.62. The van der Waals surface area contributed by atoms with E-state index in [1.54, 1.807) is 0 Å². The molecule has 34 heavy (non-hydrogen) atoms. The molecule has 0 aromatic heterocycles. The Morgan fingerprint density at radius 3 is 0.618 bits per heavy atom. The average molecular weight is 598 g/mol.